The molecule has 1 aromatic rings. The van der Waals surface area contributed by atoms with E-state index in [0.29, 0.717) is 19.5 Å². The van der Waals surface area contributed by atoms with Gasteiger partial charge in [0, 0.05) is 13.5 Å². The van der Waals surface area contributed by atoms with Crippen molar-refractivity contribution in [2.75, 3.05) is 19.7 Å². The standard InChI is InChI=1S/C13H17NO3/c1-11(15)14-8-7-13(16,9-14)10-17-12-5-3-2-4-6-12/h2-6,16H,7-10H2,1H3. The van der Waals surface area contributed by atoms with Crippen molar-refractivity contribution in [2.24, 2.45) is 0 Å². The first-order chi connectivity index (χ1) is 8.09. The minimum atomic E-state index is -0.915. The molecule has 1 N–H and O–H groups in total. The van der Waals surface area contributed by atoms with Gasteiger partial charge in [-0.2, -0.15) is 0 Å². The highest BCUT2D eigenvalue weighted by molar-refractivity contribution is 5.73. The van der Waals surface area contributed by atoms with E-state index in [0.717, 1.165) is 5.75 Å². The first-order valence-corrected chi connectivity index (χ1v) is 5.75. The Kier molecular flexibility index (Phi) is 3.33. The number of ether oxygens (including phenoxy) is 1. The summed E-state index contributed by atoms with van der Waals surface area (Å²) in [6.07, 6.45) is 0.569. The average molecular weight is 235 g/mol. The summed E-state index contributed by atoms with van der Waals surface area (Å²) in [5, 5.41) is 10.3. The second-order valence-electron chi connectivity index (χ2n) is 4.52. The number of hydrogen-bond donors (Lipinski definition) is 1. The van der Waals surface area contributed by atoms with Crippen LogP contribution in [0.15, 0.2) is 30.3 Å². The van der Waals surface area contributed by atoms with Crippen molar-refractivity contribution >= 4 is 5.91 Å². The number of carbonyl (C=O) groups is 1. The number of hydrogen-bond acceptors (Lipinski definition) is 3. The molecule has 1 fully saturated rings. The molecule has 1 unspecified atom stereocenters. The molecule has 0 aromatic heterocycles. The Labute approximate surface area is 101 Å². The summed E-state index contributed by atoms with van der Waals surface area (Å²) in [7, 11) is 0. The molecule has 2 rings (SSSR count). The number of amides is 1. The van der Waals surface area contributed by atoms with Gasteiger partial charge in [-0.05, 0) is 18.6 Å². The summed E-state index contributed by atoms with van der Waals surface area (Å²) in [6.45, 7) is 2.70. The Bertz CT molecular complexity index is 393. The minimum Gasteiger partial charge on any atom is -0.491 e. The van der Waals surface area contributed by atoms with Crippen molar-refractivity contribution in [2.45, 2.75) is 18.9 Å². The Morgan fingerprint density at radius 1 is 1.47 bits per heavy atom. The SMILES string of the molecule is CC(=O)N1CCC(O)(COc2ccccc2)C1. The first-order valence-electron chi connectivity index (χ1n) is 5.75. The molecule has 1 aromatic carbocycles. The molecule has 1 saturated heterocycles. The van der Waals surface area contributed by atoms with E-state index in [4.69, 9.17) is 4.74 Å². The van der Waals surface area contributed by atoms with Gasteiger partial charge in [0.05, 0.1) is 6.54 Å². The van der Waals surface area contributed by atoms with Crippen molar-refractivity contribution in [3.05, 3.63) is 30.3 Å². The number of carbonyl (C=O) groups excluding carboxylic acids is 1. The highest BCUT2D eigenvalue weighted by Crippen LogP contribution is 2.22. The highest BCUT2D eigenvalue weighted by atomic mass is 16.5. The van der Waals surface area contributed by atoms with Crippen molar-refractivity contribution < 1.29 is 14.6 Å². The third kappa shape index (κ3) is 2.97. The van der Waals surface area contributed by atoms with Crippen LogP contribution in [0.1, 0.15) is 13.3 Å². The number of benzene rings is 1. The molecule has 0 aliphatic carbocycles. The third-order valence-corrected chi connectivity index (χ3v) is 3.03. The fourth-order valence-electron chi connectivity index (χ4n) is 1.98. The monoisotopic (exact) mass is 235 g/mol. The molecule has 1 atom stereocenters. The molecular formula is C13H17NO3. The molecule has 1 amide bonds. The van der Waals surface area contributed by atoms with Gasteiger partial charge in [-0.15, -0.1) is 0 Å². The maximum absolute atomic E-state index is 11.2. The Morgan fingerprint density at radius 3 is 2.76 bits per heavy atom. The zero-order valence-corrected chi connectivity index (χ0v) is 9.93. The van der Waals surface area contributed by atoms with Crippen LogP contribution in [0.5, 0.6) is 5.75 Å². The smallest absolute Gasteiger partial charge is 0.219 e. The summed E-state index contributed by atoms with van der Waals surface area (Å²) in [5.41, 5.74) is -0.915. The molecule has 1 aliphatic rings. The van der Waals surface area contributed by atoms with Crippen LogP contribution < -0.4 is 4.74 Å². The van der Waals surface area contributed by atoms with Crippen LogP contribution in [0.4, 0.5) is 0 Å². The van der Waals surface area contributed by atoms with E-state index in [1.807, 2.05) is 30.3 Å². The van der Waals surface area contributed by atoms with E-state index in [1.54, 1.807) is 4.90 Å². The van der Waals surface area contributed by atoms with Gasteiger partial charge in [-0.1, -0.05) is 18.2 Å². The zero-order chi connectivity index (χ0) is 12.3. The predicted molar refractivity (Wildman–Crippen MR) is 63.8 cm³/mol. The molecular weight excluding hydrogens is 218 g/mol. The fraction of sp³-hybridized carbons (Fsp3) is 0.462. The lowest BCUT2D eigenvalue weighted by molar-refractivity contribution is -0.129. The molecule has 0 saturated carbocycles. The highest BCUT2D eigenvalue weighted by Gasteiger charge is 2.37. The number of para-hydroxylation sites is 1. The van der Waals surface area contributed by atoms with Gasteiger partial charge in [0.15, 0.2) is 0 Å². The quantitative estimate of drug-likeness (QED) is 0.852. The van der Waals surface area contributed by atoms with E-state index in [9.17, 15) is 9.90 Å². The van der Waals surface area contributed by atoms with Crippen LogP contribution in [0, 0.1) is 0 Å². The van der Waals surface area contributed by atoms with Gasteiger partial charge >= 0.3 is 0 Å². The molecule has 0 bridgehead atoms. The zero-order valence-electron chi connectivity index (χ0n) is 9.93. The van der Waals surface area contributed by atoms with Crippen LogP contribution in [-0.2, 0) is 4.79 Å². The second kappa shape index (κ2) is 4.75. The topological polar surface area (TPSA) is 49.8 Å². The Hall–Kier alpha value is -1.55. The van der Waals surface area contributed by atoms with E-state index in [-0.39, 0.29) is 12.5 Å². The number of likely N-dealkylation sites (tertiary alicyclic amines) is 1. The van der Waals surface area contributed by atoms with Crippen molar-refractivity contribution in [1.29, 1.82) is 0 Å². The van der Waals surface area contributed by atoms with Gasteiger partial charge in [0.2, 0.25) is 5.91 Å². The van der Waals surface area contributed by atoms with Gasteiger partial charge in [0.1, 0.15) is 18.0 Å². The van der Waals surface area contributed by atoms with Crippen LogP contribution in [0.3, 0.4) is 0 Å². The fourth-order valence-corrected chi connectivity index (χ4v) is 1.98. The van der Waals surface area contributed by atoms with Crippen LogP contribution in [0.25, 0.3) is 0 Å². The van der Waals surface area contributed by atoms with Crippen LogP contribution in [0.2, 0.25) is 0 Å². The van der Waals surface area contributed by atoms with Crippen molar-refractivity contribution in [3.8, 4) is 5.75 Å². The summed E-state index contributed by atoms with van der Waals surface area (Å²) in [4.78, 5) is 12.8. The molecule has 0 spiro atoms. The van der Waals surface area contributed by atoms with Crippen molar-refractivity contribution in [1.82, 2.24) is 4.90 Å². The molecule has 92 valence electrons. The largest absolute Gasteiger partial charge is 0.491 e. The maximum atomic E-state index is 11.2. The molecule has 0 radical (unpaired) electrons. The second-order valence-corrected chi connectivity index (χ2v) is 4.52. The maximum Gasteiger partial charge on any atom is 0.219 e. The van der Waals surface area contributed by atoms with Gasteiger partial charge in [-0.25, -0.2) is 0 Å². The average Bonchev–Trinajstić information content (AvgIpc) is 2.72. The van der Waals surface area contributed by atoms with E-state index in [1.165, 1.54) is 6.92 Å². The number of nitrogens with zero attached hydrogens (tertiary/aromatic N) is 1. The molecule has 1 heterocycles. The van der Waals surface area contributed by atoms with Crippen LogP contribution in [-0.4, -0.2) is 41.2 Å². The number of β-amino-alcohol motifs (C(OH)–C–C–N with tert-alkyl or cyclic N) is 1. The lowest BCUT2D eigenvalue weighted by Gasteiger charge is -2.23. The Balaban J connectivity index is 1.89. The predicted octanol–water partition coefficient (Wildman–Crippen LogP) is 1.05. The van der Waals surface area contributed by atoms with Crippen LogP contribution >= 0.6 is 0 Å². The first kappa shape index (κ1) is 11.9. The normalized spacial score (nSPS) is 23.8. The third-order valence-electron chi connectivity index (χ3n) is 3.03. The summed E-state index contributed by atoms with van der Waals surface area (Å²) < 4.78 is 5.53. The molecule has 1 aliphatic heterocycles. The molecule has 4 nitrogen and oxygen atoms in total. The lowest BCUT2D eigenvalue weighted by atomic mass is 10.1. The van der Waals surface area contributed by atoms with E-state index in [2.05, 4.69) is 0 Å². The molecule has 17 heavy (non-hydrogen) atoms. The van der Waals surface area contributed by atoms with E-state index < -0.39 is 5.60 Å². The number of rotatable bonds is 3. The van der Waals surface area contributed by atoms with Gasteiger partial charge in [0.25, 0.3) is 0 Å². The van der Waals surface area contributed by atoms with E-state index >= 15 is 0 Å². The van der Waals surface area contributed by atoms with Gasteiger partial charge < -0.3 is 14.7 Å². The summed E-state index contributed by atoms with van der Waals surface area (Å²) in [6, 6.07) is 9.38. The lowest BCUT2D eigenvalue weighted by Crippen LogP contribution is -2.40. The minimum absolute atomic E-state index is 0.000589. The molecule has 4 heteroatoms. The van der Waals surface area contributed by atoms with Crippen molar-refractivity contribution in [3.63, 3.8) is 0 Å². The van der Waals surface area contributed by atoms with Gasteiger partial charge in [-0.3, -0.25) is 4.79 Å². The summed E-state index contributed by atoms with van der Waals surface area (Å²) in [5.74, 6) is 0.739. The summed E-state index contributed by atoms with van der Waals surface area (Å²) >= 11 is 0. The number of aliphatic hydroxyl groups is 1. The Morgan fingerprint density at radius 2 is 2.18 bits per heavy atom.